The molecular formula is C13H11BrN2O3. The van der Waals surface area contributed by atoms with E-state index in [2.05, 4.69) is 26.2 Å². The number of amides is 1. The van der Waals surface area contributed by atoms with Crippen LogP contribution >= 0.6 is 15.9 Å². The van der Waals surface area contributed by atoms with E-state index in [1.54, 1.807) is 18.2 Å². The van der Waals surface area contributed by atoms with Crippen molar-refractivity contribution in [2.75, 3.05) is 12.4 Å². The maximum absolute atomic E-state index is 12.0. The van der Waals surface area contributed by atoms with Crippen LogP contribution in [0.5, 0.6) is 11.6 Å². The molecule has 1 heterocycles. The molecule has 6 heteroatoms. The summed E-state index contributed by atoms with van der Waals surface area (Å²) in [5.74, 6) is -0.0326. The van der Waals surface area contributed by atoms with Crippen LogP contribution in [0.1, 0.15) is 10.4 Å². The molecule has 0 aliphatic heterocycles. The van der Waals surface area contributed by atoms with Gasteiger partial charge in [-0.3, -0.25) is 4.79 Å². The van der Waals surface area contributed by atoms with Gasteiger partial charge in [-0.1, -0.05) is 15.9 Å². The molecule has 1 amide bonds. The van der Waals surface area contributed by atoms with Crippen molar-refractivity contribution < 1.29 is 14.6 Å². The summed E-state index contributed by atoms with van der Waals surface area (Å²) in [6, 6.07) is 7.98. The molecule has 0 unspecified atom stereocenters. The van der Waals surface area contributed by atoms with E-state index < -0.39 is 5.91 Å². The number of aromatic hydroxyl groups is 1. The van der Waals surface area contributed by atoms with Crippen molar-refractivity contribution in [2.45, 2.75) is 0 Å². The summed E-state index contributed by atoms with van der Waals surface area (Å²) < 4.78 is 5.62. The van der Waals surface area contributed by atoms with Gasteiger partial charge < -0.3 is 15.2 Å². The first kappa shape index (κ1) is 13.4. The lowest BCUT2D eigenvalue weighted by molar-refractivity contribution is 0.102. The summed E-state index contributed by atoms with van der Waals surface area (Å²) in [4.78, 5) is 15.9. The van der Waals surface area contributed by atoms with E-state index in [-0.39, 0.29) is 11.3 Å². The Labute approximate surface area is 118 Å². The van der Waals surface area contributed by atoms with Crippen LogP contribution in [0.15, 0.2) is 41.0 Å². The highest BCUT2D eigenvalue weighted by Gasteiger charge is 2.11. The normalized spacial score (nSPS) is 10.0. The van der Waals surface area contributed by atoms with Gasteiger partial charge in [-0.25, -0.2) is 4.98 Å². The van der Waals surface area contributed by atoms with Crippen molar-refractivity contribution in [3.63, 3.8) is 0 Å². The van der Waals surface area contributed by atoms with E-state index >= 15 is 0 Å². The number of benzene rings is 1. The van der Waals surface area contributed by atoms with Crippen LogP contribution in [0.3, 0.4) is 0 Å². The van der Waals surface area contributed by atoms with Gasteiger partial charge in [0.2, 0.25) is 5.88 Å². The van der Waals surface area contributed by atoms with Gasteiger partial charge in [-0.15, -0.1) is 0 Å². The molecule has 0 atom stereocenters. The highest BCUT2D eigenvalue weighted by molar-refractivity contribution is 9.10. The van der Waals surface area contributed by atoms with E-state index in [1.165, 1.54) is 25.4 Å². The number of pyridine rings is 1. The molecule has 0 saturated carbocycles. The molecule has 0 bridgehead atoms. The average Bonchev–Trinajstić information content (AvgIpc) is 2.39. The first-order valence-corrected chi connectivity index (χ1v) is 6.19. The van der Waals surface area contributed by atoms with Gasteiger partial charge in [0.25, 0.3) is 5.91 Å². The molecule has 2 rings (SSSR count). The number of anilines is 1. The number of phenolic OH excluding ortho intramolecular Hbond substituents is 1. The molecule has 0 aliphatic carbocycles. The molecule has 2 aromatic rings. The first-order chi connectivity index (χ1) is 9.10. The van der Waals surface area contributed by atoms with Crippen molar-refractivity contribution in [1.82, 2.24) is 4.98 Å². The minimum atomic E-state index is -0.406. The third kappa shape index (κ3) is 3.23. The summed E-state index contributed by atoms with van der Waals surface area (Å²) in [6.07, 6.45) is 1.48. The molecule has 0 fully saturated rings. The van der Waals surface area contributed by atoms with E-state index in [0.29, 0.717) is 16.0 Å². The maximum Gasteiger partial charge on any atom is 0.259 e. The Hall–Kier alpha value is -2.08. The zero-order chi connectivity index (χ0) is 13.8. The standard InChI is InChI=1S/C13H11BrN2O3/c1-19-12-5-3-9(7-15-12)16-13(18)10-4-2-8(14)6-11(10)17/h2-7,17H,1H3,(H,16,18). The van der Waals surface area contributed by atoms with Gasteiger partial charge >= 0.3 is 0 Å². The molecule has 1 aromatic heterocycles. The van der Waals surface area contributed by atoms with Crippen LogP contribution in [0.4, 0.5) is 5.69 Å². The smallest absolute Gasteiger partial charge is 0.259 e. The maximum atomic E-state index is 12.0. The van der Waals surface area contributed by atoms with Crippen molar-refractivity contribution >= 4 is 27.5 Å². The number of nitrogens with one attached hydrogen (secondary N) is 1. The van der Waals surface area contributed by atoms with E-state index in [1.807, 2.05) is 0 Å². The second-order valence-electron chi connectivity index (χ2n) is 3.70. The fraction of sp³-hybridized carbons (Fsp3) is 0.0769. The van der Waals surface area contributed by atoms with Gasteiger partial charge in [0, 0.05) is 10.5 Å². The summed E-state index contributed by atoms with van der Waals surface area (Å²) in [7, 11) is 1.51. The van der Waals surface area contributed by atoms with Gasteiger partial charge in [0.15, 0.2) is 0 Å². The fourth-order valence-electron chi connectivity index (χ4n) is 1.47. The summed E-state index contributed by atoms with van der Waals surface area (Å²) in [5.41, 5.74) is 0.715. The van der Waals surface area contributed by atoms with Crippen molar-refractivity contribution in [1.29, 1.82) is 0 Å². The van der Waals surface area contributed by atoms with Gasteiger partial charge in [0.1, 0.15) is 5.75 Å². The predicted molar refractivity (Wildman–Crippen MR) is 74.5 cm³/mol. The largest absolute Gasteiger partial charge is 0.507 e. The first-order valence-electron chi connectivity index (χ1n) is 5.40. The van der Waals surface area contributed by atoms with Gasteiger partial charge in [-0.05, 0) is 24.3 Å². The number of methoxy groups -OCH3 is 1. The third-order valence-electron chi connectivity index (χ3n) is 2.41. The fourth-order valence-corrected chi connectivity index (χ4v) is 1.82. The molecule has 0 saturated heterocycles. The monoisotopic (exact) mass is 322 g/mol. The van der Waals surface area contributed by atoms with E-state index in [4.69, 9.17) is 4.74 Å². The lowest BCUT2D eigenvalue weighted by Crippen LogP contribution is -2.12. The number of rotatable bonds is 3. The van der Waals surface area contributed by atoms with Crippen LogP contribution in [0.2, 0.25) is 0 Å². The number of nitrogens with zero attached hydrogens (tertiary/aromatic N) is 1. The molecule has 5 nitrogen and oxygen atoms in total. The number of hydrogen-bond acceptors (Lipinski definition) is 4. The average molecular weight is 323 g/mol. The zero-order valence-electron chi connectivity index (χ0n) is 10.1. The number of aromatic nitrogens is 1. The van der Waals surface area contributed by atoms with E-state index in [0.717, 1.165) is 0 Å². The zero-order valence-corrected chi connectivity index (χ0v) is 11.6. The van der Waals surface area contributed by atoms with Crippen LogP contribution in [0.25, 0.3) is 0 Å². The number of halogens is 1. The Kier molecular flexibility index (Phi) is 4.01. The second-order valence-corrected chi connectivity index (χ2v) is 4.62. The molecule has 1 aromatic carbocycles. The molecule has 2 N–H and O–H groups in total. The number of carbonyl (C=O) groups excluding carboxylic acids is 1. The van der Waals surface area contributed by atoms with Crippen LogP contribution in [-0.2, 0) is 0 Å². The van der Waals surface area contributed by atoms with Gasteiger partial charge in [-0.2, -0.15) is 0 Å². The minimum absolute atomic E-state index is 0.0895. The lowest BCUT2D eigenvalue weighted by Gasteiger charge is -2.07. The molecule has 0 radical (unpaired) electrons. The number of carbonyl (C=O) groups is 1. The molecular weight excluding hydrogens is 312 g/mol. The van der Waals surface area contributed by atoms with Crippen molar-refractivity contribution in [3.8, 4) is 11.6 Å². The summed E-state index contributed by atoms with van der Waals surface area (Å²) in [6.45, 7) is 0. The lowest BCUT2D eigenvalue weighted by atomic mass is 10.2. The number of ether oxygens (including phenoxy) is 1. The highest BCUT2D eigenvalue weighted by atomic mass is 79.9. The molecule has 98 valence electrons. The van der Waals surface area contributed by atoms with E-state index in [9.17, 15) is 9.90 Å². The van der Waals surface area contributed by atoms with Crippen LogP contribution in [-0.4, -0.2) is 23.1 Å². The summed E-state index contributed by atoms with van der Waals surface area (Å²) in [5, 5.41) is 12.3. The summed E-state index contributed by atoms with van der Waals surface area (Å²) >= 11 is 3.21. The number of hydrogen-bond donors (Lipinski definition) is 2. The third-order valence-corrected chi connectivity index (χ3v) is 2.90. The topological polar surface area (TPSA) is 71.5 Å². The Morgan fingerprint density at radius 3 is 2.74 bits per heavy atom. The van der Waals surface area contributed by atoms with Crippen LogP contribution in [0, 0.1) is 0 Å². The molecule has 0 spiro atoms. The van der Waals surface area contributed by atoms with Crippen molar-refractivity contribution in [3.05, 3.63) is 46.6 Å². The Morgan fingerprint density at radius 1 is 1.37 bits per heavy atom. The predicted octanol–water partition coefficient (Wildman–Crippen LogP) is 2.81. The minimum Gasteiger partial charge on any atom is -0.507 e. The molecule has 0 aliphatic rings. The second kappa shape index (κ2) is 5.71. The Balaban J connectivity index is 2.15. The van der Waals surface area contributed by atoms with Crippen molar-refractivity contribution in [2.24, 2.45) is 0 Å². The number of phenols is 1. The highest BCUT2D eigenvalue weighted by Crippen LogP contribution is 2.23. The Morgan fingerprint density at radius 2 is 2.16 bits per heavy atom. The van der Waals surface area contributed by atoms with Gasteiger partial charge in [0.05, 0.1) is 24.6 Å². The molecule has 19 heavy (non-hydrogen) atoms. The quantitative estimate of drug-likeness (QED) is 0.911. The SMILES string of the molecule is COc1ccc(NC(=O)c2ccc(Br)cc2O)cn1. The Bertz CT molecular complexity index is 599. The van der Waals surface area contributed by atoms with Crippen LogP contribution < -0.4 is 10.1 Å².